The molecule has 0 aliphatic heterocycles. The van der Waals surface area contributed by atoms with Crippen LogP contribution in [0.3, 0.4) is 0 Å². The summed E-state index contributed by atoms with van der Waals surface area (Å²) in [5, 5.41) is 26.8. The molecular weight excluding hydrogens is 474 g/mol. The van der Waals surface area contributed by atoms with Crippen LogP contribution in [0.1, 0.15) is 6.42 Å². The number of alkyl halides is 4. The lowest BCUT2D eigenvalue weighted by Crippen LogP contribution is -2.44. The molecule has 2 amide bonds. The van der Waals surface area contributed by atoms with Gasteiger partial charge in [-0.2, -0.15) is 0 Å². The van der Waals surface area contributed by atoms with Crippen LogP contribution in [0.15, 0.2) is 47.9 Å². The molecule has 14 heteroatoms. The molecule has 2 aliphatic rings. The average molecular weight is 486 g/mol. The van der Waals surface area contributed by atoms with E-state index in [0.29, 0.717) is 0 Å². The van der Waals surface area contributed by atoms with Crippen LogP contribution in [0.4, 0.5) is 0 Å². The Labute approximate surface area is 183 Å². The Hall–Kier alpha value is -2.14. The highest BCUT2D eigenvalue weighted by Crippen LogP contribution is 2.32. The number of halogens is 4. The number of amides is 2. The molecule has 0 fully saturated rings. The van der Waals surface area contributed by atoms with Gasteiger partial charge in [0.05, 0.1) is 9.85 Å². The van der Waals surface area contributed by atoms with E-state index in [0.717, 1.165) is 12.2 Å². The summed E-state index contributed by atoms with van der Waals surface area (Å²) in [6, 6.07) is -2.32. The third-order valence-electron chi connectivity index (χ3n) is 3.72. The maximum Gasteiger partial charge on any atom is 0.271 e. The number of rotatable bonds is 6. The van der Waals surface area contributed by atoms with E-state index in [9.17, 15) is 29.8 Å². The SMILES string of the molecule is O=C(CC(=O)NC1C=CC(Cl)(Cl)C=C1[N+](=O)[O-])NC1C=CC(Cl)(Cl)C=C1[N+](=O)[O-]. The molecule has 0 saturated heterocycles. The lowest BCUT2D eigenvalue weighted by atomic mass is 10.1. The van der Waals surface area contributed by atoms with Gasteiger partial charge in [0, 0.05) is 12.2 Å². The predicted octanol–water partition coefficient (Wildman–Crippen LogP) is 2.15. The number of nitrogens with one attached hydrogen (secondary N) is 2. The Morgan fingerprint density at radius 3 is 1.52 bits per heavy atom. The maximum absolute atomic E-state index is 12.1. The highest BCUT2D eigenvalue weighted by Gasteiger charge is 2.36. The molecule has 2 rings (SSSR count). The Balaban J connectivity index is 2.00. The molecule has 0 radical (unpaired) electrons. The number of hydrogen-bond acceptors (Lipinski definition) is 6. The van der Waals surface area contributed by atoms with Crippen molar-refractivity contribution in [2.45, 2.75) is 27.2 Å². The Bertz CT molecular complexity index is 810. The molecule has 0 aromatic heterocycles. The fourth-order valence-corrected chi connectivity index (χ4v) is 3.23. The van der Waals surface area contributed by atoms with E-state index < -0.39 is 60.2 Å². The molecule has 0 spiro atoms. The number of hydrogen-bond donors (Lipinski definition) is 2. The smallest absolute Gasteiger partial charge is 0.271 e. The minimum absolute atomic E-state index is 0.472. The van der Waals surface area contributed by atoms with Gasteiger partial charge in [-0.25, -0.2) is 0 Å². The summed E-state index contributed by atoms with van der Waals surface area (Å²) in [6.07, 6.45) is 6.06. The summed E-state index contributed by atoms with van der Waals surface area (Å²) in [4.78, 5) is 44.9. The molecular formula is C15H12Cl4N4O6. The van der Waals surface area contributed by atoms with Gasteiger partial charge < -0.3 is 10.6 Å². The van der Waals surface area contributed by atoms with Gasteiger partial charge in [0.25, 0.3) is 11.4 Å². The predicted molar refractivity (Wildman–Crippen MR) is 106 cm³/mol. The molecule has 2 unspecified atom stereocenters. The molecule has 0 bridgehead atoms. The van der Waals surface area contributed by atoms with Crippen LogP contribution < -0.4 is 10.6 Å². The van der Waals surface area contributed by atoms with Crippen molar-refractivity contribution in [3.8, 4) is 0 Å². The zero-order valence-corrected chi connectivity index (χ0v) is 17.2. The number of nitrogens with zero attached hydrogens (tertiary/aromatic N) is 2. The van der Waals surface area contributed by atoms with Crippen LogP contribution in [-0.4, -0.2) is 42.4 Å². The summed E-state index contributed by atoms with van der Waals surface area (Å²) >= 11 is 23.2. The van der Waals surface area contributed by atoms with Gasteiger partial charge in [0.15, 0.2) is 8.67 Å². The zero-order chi connectivity index (χ0) is 22.0. The van der Waals surface area contributed by atoms with Gasteiger partial charge in [-0.15, -0.1) is 0 Å². The van der Waals surface area contributed by atoms with Gasteiger partial charge >= 0.3 is 0 Å². The number of nitro groups is 2. The molecule has 0 saturated carbocycles. The van der Waals surface area contributed by atoms with Crippen molar-refractivity contribution in [2.75, 3.05) is 0 Å². The normalized spacial score (nSPS) is 24.1. The number of allylic oxidation sites excluding steroid dienone is 4. The number of carbonyl (C=O) groups excluding carboxylic acids is 2. The van der Waals surface area contributed by atoms with E-state index in [1.165, 1.54) is 24.3 Å². The van der Waals surface area contributed by atoms with Gasteiger partial charge in [-0.05, 0) is 12.2 Å². The van der Waals surface area contributed by atoms with E-state index in [2.05, 4.69) is 10.6 Å². The first-order valence-electron chi connectivity index (χ1n) is 7.77. The Morgan fingerprint density at radius 1 is 0.862 bits per heavy atom. The number of carbonyl (C=O) groups is 2. The second kappa shape index (κ2) is 8.70. The summed E-state index contributed by atoms with van der Waals surface area (Å²) in [5.41, 5.74) is -0.943. The fourth-order valence-electron chi connectivity index (χ4n) is 2.49. The lowest BCUT2D eigenvalue weighted by Gasteiger charge is -2.21. The molecule has 2 aliphatic carbocycles. The monoisotopic (exact) mass is 484 g/mol. The first-order valence-corrected chi connectivity index (χ1v) is 9.28. The average Bonchev–Trinajstić information content (AvgIpc) is 2.57. The standard InChI is InChI=1S/C15H12Cl4N4O6/c16-14(17)3-1-8(10(6-14)22(26)27)20-12(24)5-13(25)21-9-2-4-15(18,19)7-11(9)23(28)29/h1-4,6-9H,5H2,(H,20,24)(H,21,25). The third kappa shape index (κ3) is 6.43. The first-order chi connectivity index (χ1) is 13.3. The lowest BCUT2D eigenvalue weighted by molar-refractivity contribution is -0.429. The van der Waals surface area contributed by atoms with E-state index in [1.54, 1.807) is 0 Å². The quantitative estimate of drug-likeness (QED) is 0.194. The van der Waals surface area contributed by atoms with Crippen LogP contribution in [0.2, 0.25) is 0 Å². The van der Waals surface area contributed by atoms with E-state index in [-0.39, 0.29) is 0 Å². The molecule has 2 atom stereocenters. The largest absolute Gasteiger partial charge is 0.339 e. The van der Waals surface area contributed by atoms with Crippen molar-refractivity contribution in [3.05, 3.63) is 68.1 Å². The molecule has 10 nitrogen and oxygen atoms in total. The summed E-state index contributed by atoms with van der Waals surface area (Å²) in [6.45, 7) is 0. The van der Waals surface area contributed by atoms with Crippen molar-refractivity contribution in [3.63, 3.8) is 0 Å². The second-order valence-electron chi connectivity index (χ2n) is 5.99. The van der Waals surface area contributed by atoms with Crippen LogP contribution in [0.5, 0.6) is 0 Å². The second-order valence-corrected chi connectivity index (χ2v) is 8.88. The first kappa shape index (κ1) is 23.1. The molecule has 0 aromatic carbocycles. The van der Waals surface area contributed by atoms with Crippen molar-refractivity contribution in [2.24, 2.45) is 0 Å². The van der Waals surface area contributed by atoms with Crippen molar-refractivity contribution >= 4 is 58.2 Å². The minimum atomic E-state index is -1.60. The highest BCUT2D eigenvalue weighted by atomic mass is 35.5. The van der Waals surface area contributed by atoms with Crippen molar-refractivity contribution in [1.82, 2.24) is 10.6 Å². The van der Waals surface area contributed by atoms with Crippen LogP contribution >= 0.6 is 46.4 Å². The van der Waals surface area contributed by atoms with Gasteiger partial charge in [-0.1, -0.05) is 58.6 Å². The van der Waals surface area contributed by atoms with Crippen molar-refractivity contribution in [1.29, 1.82) is 0 Å². The summed E-state index contributed by atoms with van der Waals surface area (Å²) < 4.78 is -3.20. The molecule has 0 aromatic rings. The van der Waals surface area contributed by atoms with Crippen LogP contribution in [0, 0.1) is 20.2 Å². The Kier molecular flexibility index (Phi) is 6.94. The summed E-state index contributed by atoms with van der Waals surface area (Å²) in [5.74, 6) is -1.73. The third-order valence-corrected chi connectivity index (χ3v) is 4.66. The van der Waals surface area contributed by atoms with Crippen LogP contribution in [0.25, 0.3) is 0 Å². The van der Waals surface area contributed by atoms with E-state index in [4.69, 9.17) is 46.4 Å². The Morgan fingerprint density at radius 2 is 1.21 bits per heavy atom. The molecule has 156 valence electrons. The molecule has 0 heterocycles. The zero-order valence-electron chi connectivity index (χ0n) is 14.2. The van der Waals surface area contributed by atoms with Gasteiger partial charge in [-0.3, -0.25) is 29.8 Å². The molecule has 2 N–H and O–H groups in total. The van der Waals surface area contributed by atoms with E-state index in [1.807, 2.05) is 0 Å². The topological polar surface area (TPSA) is 144 Å². The summed E-state index contributed by atoms with van der Waals surface area (Å²) in [7, 11) is 0. The fraction of sp³-hybridized carbons (Fsp3) is 0.333. The van der Waals surface area contributed by atoms with Gasteiger partial charge in [0.1, 0.15) is 18.5 Å². The van der Waals surface area contributed by atoms with Gasteiger partial charge in [0.2, 0.25) is 11.8 Å². The maximum atomic E-state index is 12.1. The van der Waals surface area contributed by atoms with Crippen LogP contribution in [-0.2, 0) is 9.59 Å². The minimum Gasteiger partial charge on any atom is -0.339 e. The van der Waals surface area contributed by atoms with Crippen molar-refractivity contribution < 1.29 is 19.4 Å². The highest BCUT2D eigenvalue weighted by molar-refractivity contribution is 6.51. The van der Waals surface area contributed by atoms with E-state index >= 15 is 0 Å². The molecule has 29 heavy (non-hydrogen) atoms.